The fourth-order valence-electron chi connectivity index (χ4n) is 2.09. The van der Waals surface area contributed by atoms with E-state index in [9.17, 15) is 8.42 Å². The minimum absolute atomic E-state index is 0.309. The van der Waals surface area contributed by atoms with Crippen molar-refractivity contribution in [3.05, 3.63) is 59.7 Å². The summed E-state index contributed by atoms with van der Waals surface area (Å²) >= 11 is 0. The fraction of sp³-hybridized carbons (Fsp3) is 0.250. The van der Waals surface area contributed by atoms with Gasteiger partial charge in [0.2, 0.25) is 0 Å². The van der Waals surface area contributed by atoms with Gasteiger partial charge in [-0.25, -0.2) is 8.42 Å². The van der Waals surface area contributed by atoms with Crippen LogP contribution in [0.5, 0.6) is 0 Å². The molecule has 112 valence electrons. The third-order valence-electron chi connectivity index (χ3n) is 3.21. The molecule has 0 aliphatic carbocycles. The quantitative estimate of drug-likeness (QED) is 0.862. The van der Waals surface area contributed by atoms with Gasteiger partial charge in [0, 0.05) is 6.54 Å². The van der Waals surface area contributed by atoms with E-state index in [0.29, 0.717) is 17.1 Å². The van der Waals surface area contributed by atoms with Gasteiger partial charge < -0.3 is 5.32 Å². The first kappa shape index (κ1) is 15.5. The zero-order valence-electron chi connectivity index (χ0n) is 12.3. The van der Waals surface area contributed by atoms with E-state index >= 15 is 0 Å². The van der Waals surface area contributed by atoms with Gasteiger partial charge in [-0.3, -0.25) is 4.72 Å². The Hall–Kier alpha value is -1.85. The SMILES string of the molecule is CCNCc1ccccc1NS(=O)(=O)c1ccccc1C. The van der Waals surface area contributed by atoms with Crippen molar-refractivity contribution in [3.8, 4) is 0 Å². The number of para-hydroxylation sites is 1. The first-order chi connectivity index (χ1) is 10.0. The van der Waals surface area contributed by atoms with Crippen molar-refractivity contribution in [1.29, 1.82) is 0 Å². The second-order valence-electron chi connectivity index (χ2n) is 4.81. The van der Waals surface area contributed by atoms with Crippen LogP contribution >= 0.6 is 0 Å². The van der Waals surface area contributed by atoms with Gasteiger partial charge in [0.25, 0.3) is 10.0 Å². The maximum atomic E-state index is 12.5. The zero-order valence-corrected chi connectivity index (χ0v) is 13.1. The third-order valence-corrected chi connectivity index (χ3v) is 4.74. The summed E-state index contributed by atoms with van der Waals surface area (Å²) in [5.74, 6) is 0. The Labute approximate surface area is 126 Å². The predicted octanol–water partition coefficient (Wildman–Crippen LogP) is 2.91. The molecule has 0 saturated heterocycles. The summed E-state index contributed by atoms with van der Waals surface area (Å²) in [6.45, 7) is 5.26. The van der Waals surface area contributed by atoms with Gasteiger partial charge in [-0.2, -0.15) is 0 Å². The van der Waals surface area contributed by atoms with Crippen LogP contribution in [0.3, 0.4) is 0 Å². The van der Waals surface area contributed by atoms with Crippen LogP contribution in [0.15, 0.2) is 53.4 Å². The summed E-state index contributed by atoms with van der Waals surface area (Å²) in [5.41, 5.74) is 2.27. The first-order valence-electron chi connectivity index (χ1n) is 6.91. The Morgan fingerprint density at radius 2 is 1.67 bits per heavy atom. The highest BCUT2D eigenvalue weighted by atomic mass is 32.2. The maximum Gasteiger partial charge on any atom is 0.262 e. The highest BCUT2D eigenvalue weighted by Crippen LogP contribution is 2.21. The van der Waals surface area contributed by atoms with Crippen molar-refractivity contribution >= 4 is 15.7 Å². The molecule has 5 heteroatoms. The Morgan fingerprint density at radius 3 is 2.38 bits per heavy atom. The highest BCUT2D eigenvalue weighted by Gasteiger charge is 2.17. The van der Waals surface area contributed by atoms with Crippen molar-refractivity contribution in [2.45, 2.75) is 25.3 Å². The zero-order chi connectivity index (χ0) is 15.3. The molecule has 0 spiro atoms. The number of hydrogen-bond donors (Lipinski definition) is 2. The lowest BCUT2D eigenvalue weighted by atomic mass is 10.2. The van der Waals surface area contributed by atoms with E-state index in [1.54, 1.807) is 31.2 Å². The third kappa shape index (κ3) is 3.83. The van der Waals surface area contributed by atoms with Gasteiger partial charge in [-0.05, 0) is 36.7 Å². The van der Waals surface area contributed by atoms with E-state index in [2.05, 4.69) is 10.0 Å². The lowest BCUT2D eigenvalue weighted by Crippen LogP contribution is -2.18. The van der Waals surface area contributed by atoms with Crippen molar-refractivity contribution < 1.29 is 8.42 Å². The standard InChI is InChI=1S/C16H20N2O2S/c1-3-17-12-14-9-5-6-10-15(14)18-21(19,20)16-11-7-4-8-13(16)2/h4-11,17-18H,3,12H2,1-2H3. The summed E-state index contributed by atoms with van der Waals surface area (Å²) < 4.78 is 27.7. The van der Waals surface area contributed by atoms with E-state index in [0.717, 1.165) is 17.7 Å². The van der Waals surface area contributed by atoms with E-state index in [-0.39, 0.29) is 0 Å². The molecule has 2 aromatic rings. The van der Waals surface area contributed by atoms with Crippen LogP contribution in [0.4, 0.5) is 5.69 Å². The Morgan fingerprint density at radius 1 is 1.00 bits per heavy atom. The largest absolute Gasteiger partial charge is 0.313 e. The molecule has 2 rings (SSSR count). The monoisotopic (exact) mass is 304 g/mol. The van der Waals surface area contributed by atoms with E-state index in [1.807, 2.05) is 31.2 Å². The smallest absolute Gasteiger partial charge is 0.262 e. The van der Waals surface area contributed by atoms with Crippen LogP contribution in [0.25, 0.3) is 0 Å². The Bertz CT molecular complexity index is 712. The lowest BCUT2D eigenvalue weighted by molar-refractivity contribution is 0.600. The maximum absolute atomic E-state index is 12.5. The van der Waals surface area contributed by atoms with Gasteiger partial charge in [0.15, 0.2) is 0 Å². The summed E-state index contributed by atoms with van der Waals surface area (Å²) in [6, 6.07) is 14.4. The fourth-order valence-corrected chi connectivity index (χ4v) is 3.44. The second kappa shape index (κ2) is 6.74. The number of sulfonamides is 1. The summed E-state index contributed by atoms with van der Waals surface area (Å²) in [6.07, 6.45) is 0. The Balaban J connectivity index is 2.31. The van der Waals surface area contributed by atoms with Gasteiger partial charge in [0.05, 0.1) is 10.6 Å². The molecule has 0 aliphatic heterocycles. The summed E-state index contributed by atoms with van der Waals surface area (Å²) in [4.78, 5) is 0.309. The average molecular weight is 304 g/mol. The molecular formula is C16H20N2O2S. The average Bonchev–Trinajstić information content (AvgIpc) is 2.46. The van der Waals surface area contributed by atoms with Gasteiger partial charge in [0.1, 0.15) is 0 Å². The number of hydrogen-bond acceptors (Lipinski definition) is 3. The van der Waals surface area contributed by atoms with Crippen LogP contribution in [-0.2, 0) is 16.6 Å². The van der Waals surface area contributed by atoms with Crippen molar-refractivity contribution in [2.75, 3.05) is 11.3 Å². The molecule has 0 atom stereocenters. The molecule has 21 heavy (non-hydrogen) atoms. The molecule has 0 saturated carbocycles. The molecule has 0 bridgehead atoms. The number of aryl methyl sites for hydroxylation is 1. The van der Waals surface area contributed by atoms with Gasteiger partial charge >= 0.3 is 0 Å². The molecule has 0 aromatic heterocycles. The lowest BCUT2D eigenvalue weighted by Gasteiger charge is -2.14. The Kier molecular flexibility index (Phi) is 4.98. The number of rotatable bonds is 6. The van der Waals surface area contributed by atoms with Crippen molar-refractivity contribution in [2.24, 2.45) is 0 Å². The van der Waals surface area contributed by atoms with Crippen molar-refractivity contribution in [1.82, 2.24) is 5.32 Å². The number of nitrogens with one attached hydrogen (secondary N) is 2. The number of benzene rings is 2. The molecule has 0 aliphatic rings. The molecule has 2 N–H and O–H groups in total. The van der Waals surface area contributed by atoms with E-state index < -0.39 is 10.0 Å². The minimum Gasteiger partial charge on any atom is -0.313 e. The van der Waals surface area contributed by atoms with E-state index in [1.165, 1.54) is 0 Å². The predicted molar refractivity (Wildman–Crippen MR) is 85.8 cm³/mol. The number of anilines is 1. The molecule has 2 aromatic carbocycles. The summed E-state index contributed by atoms with van der Waals surface area (Å²) in [5, 5.41) is 3.21. The van der Waals surface area contributed by atoms with Crippen LogP contribution < -0.4 is 10.0 Å². The minimum atomic E-state index is -3.57. The molecule has 0 heterocycles. The van der Waals surface area contributed by atoms with Crippen LogP contribution in [0.2, 0.25) is 0 Å². The highest BCUT2D eigenvalue weighted by molar-refractivity contribution is 7.92. The van der Waals surface area contributed by atoms with Crippen molar-refractivity contribution in [3.63, 3.8) is 0 Å². The molecule has 0 amide bonds. The topological polar surface area (TPSA) is 58.2 Å². The van der Waals surface area contributed by atoms with Crippen LogP contribution in [0.1, 0.15) is 18.1 Å². The molecule has 0 unspecified atom stereocenters. The first-order valence-corrected chi connectivity index (χ1v) is 8.40. The van der Waals surface area contributed by atoms with Crippen LogP contribution in [0, 0.1) is 6.92 Å². The normalized spacial score (nSPS) is 11.3. The molecule has 0 fully saturated rings. The van der Waals surface area contributed by atoms with Crippen LogP contribution in [-0.4, -0.2) is 15.0 Å². The van der Waals surface area contributed by atoms with Gasteiger partial charge in [-0.15, -0.1) is 0 Å². The molecule has 0 radical (unpaired) electrons. The van der Waals surface area contributed by atoms with E-state index in [4.69, 9.17) is 0 Å². The van der Waals surface area contributed by atoms with Gasteiger partial charge in [-0.1, -0.05) is 43.3 Å². The molecule has 4 nitrogen and oxygen atoms in total. The second-order valence-corrected chi connectivity index (χ2v) is 6.46. The summed E-state index contributed by atoms with van der Waals surface area (Å²) in [7, 11) is -3.57. The molecular weight excluding hydrogens is 284 g/mol.